The largest absolute Gasteiger partial charge is 0.465 e. The van der Waals surface area contributed by atoms with Crippen LogP contribution in [0.2, 0.25) is 0 Å². The van der Waals surface area contributed by atoms with Crippen LogP contribution >= 0.6 is 0 Å². The van der Waals surface area contributed by atoms with Crippen LogP contribution in [0.15, 0.2) is 82.8 Å². The Balaban J connectivity index is 1.56. The number of aliphatic hydroxyl groups is 1. The number of pyridine rings is 1. The molecule has 0 saturated heterocycles. The number of aromatic nitrogens is 1. The lowest BCUT2D eigenvalue weighted by atomic mass is 10.1. The van der Waals surface area contributed by atoms with Crippen molar-refractivity contribution in [2.75, 3.05) is 20.2 Å². The van der Waals surface area contributed by atoms with Crippen molar-refractivity contribution in [3.8, 4) is 0 Å². The number of aliphatic hydroxyl groups excluding tert-OH is 1. The molecule has 31 heavy (non-hydrogen) atoms. The molecule has 3 rings (SSSR count). The number of hydrogen-bond donors (Lipinski definition) is 2. The van der Waals surface area contributed by atoms with Crippen molar-refractivity contribution in [2.45, 2.75) is 22.3 Å². The highest BCUT2D eigenvalue weighted by atomic mass is 32.2. The summed E-state index contributed by atoms with van der Waals surface area (Å²) in [5.41, 5.74) is 2.02. The van der Waals surface area contributed by atoms with Crippen LogP contribution in [0.1, 0.15) is 27.6 Å². The van der Waals surface area contributed by atoms with E-state index in [1.54, 1.807) is 42.7 Å². The molecule has 1 heterocycles. The fraction of sp³-hybridized carbons (Fsp3) is 0.217. The van der Waals surface area contributed by atoms with E-state index in [9.17, 15) is 18.3 Å². The average molecular weight is 441 g/mol. The minimum absolute atomic E-state index is 0.110. The normalized spacial score (nSPS) is 12.3. The lowest BCUT2D eigenvalue weighted by Crippen LogP contribution is -2.23. The van der Waals surface area contributed by atoms with Gasteiger partial charge in [0.15, 0.2) is 0 Å². The van der Waals surface area contributed by atoms with Crippen LogP contribution in [0.5, 0.6) is 0 Å². The first kappa shape index (κ1) is 22.6. The maximum absolute atomic E-state index is 12.8. The molecule has 7 nitrogen and oxygen atoms in total. The quantitative estimate of drug-likeness (QED) is 0.389. The first-order chi connectivity index (χ1) is 14.9. The zero-order chi connectivity index (χ0) is 22.3. The molecule has 0 aliphatic heterocycles. The van der Waals surface area contributed by atoms with E-state index in [0.717, 1.165) is 11.1 Å². The predicted molar refractivity (Wildman–Crippen MR) is 115 cm³/mol. The SMILES string of the molecule is COC(=O)c1ccc(S(=O)(=O)c2ccc(CCNC[C@@H](O)c3cccnc3)cc2)cc1. The van der Waals surface area contributed by atoms with Crippen LogP contribution in [0.4, 0.5) is 0 Å². The third-order valence-electron chi connectivity index (χ3n) is 4.82. The van der Waals surface area contributed by atoms with E-state index in [0.29, 0.717) is 19.5 Å². The van der Waals surface area contributed by atoms with E-state index in [1.165, 1.54) is 31.4 Å². The van der Waals surface area contributed by atoms with Gasteiger partial charge in [0.25, 0.3) is 0 Å². The number of nitrogens with zero attached hydrogens (tertiary/aromatic N) is 1. The summed E-state index contributed by atoms with van der Waals surface area (Å²) in [7, 11) is -2.41. The summed E-state index contributed by atoms with van der Waals surface area (Å²) in [5.74, 6) is -0.519. The van der Waals surface area contributed by atoms with Gasteiger partial charge in [-0.05, 0) is 61.0 Å². The molecule has 3 aromatic rings. The first-order valence-electron chi connectivity index (χ1n) is 9.73. The highest BCUT2D eigenvalue weighted by Gasteiger charge is 2.18. The molecule has 1 aromatic heterocycles. The van der Waals surface area contributed by atoms with Gasteiger partial charge in [-0.2, -0.15) is 0 Å². The smallest absolute Gasteiger partial charge is 0.337 e. The molecule has 0 spiro atoms. The van der Waals surface area contributed by atoms with Crippen molar-refractivity contribution in [3.63, 3.8) is 0 Å². The summed E-state index contributed by atoms with van der Waals surface area (Å²) in [6.07, 6.45) is 3.35. The van der Waals surface area contributed by atoms with E-state index in [-0.39, 0.29) is 15.4 Å². The van der Waals surface area contributed by atoms with Crippen LogP contribution in [-0.4, -0.2) is 44.7 Å². The zero-order valence-corrected chi connectivity index (χ0v) is 17.9. The molecule has 0 fully saturated rings. The topological polar surface area (TPSA) is 106 Å². The summed E-state index contributed by atoms with van der Waals surface area (Å²) in [4.78, 5) is 15.8. The minimum Gasteiger partial charge on any atom is -0.465 e. The fourth-order valence-electron chi connectivity index (χ4n) is 3.02. The lowest BCUT2D eigenvalue weighted by Gasteiger charge is -2.12. The Hall–Kier alpha value is -3.07. The number of nitrogens with one attached hydrogen (secondary N) is 1. The number of sulfone groups is 1. The van der Waals surface area contributed by atoms with Crippen molar-refractivity contribution < 1.29 is 23.1 Å². The van der Waals surface area contributed by atoms with Gasteiger partial charge in [0.05, 0.1) is 28.6 Å². The summed E-state index contributed by atoms with van der Waals surface area (Å²) < 4.78 is 30.2. The van der Waals surface area contributed by atoms with Crippen LogP contribution in [0, 0.1) is 0 Å². The Morgan fingerprint density at radius 3 is 2.29 bits per heavy atom. The molecule has 2 aromatic carbocycles. The molecular weight excluding hydrogens is 416 g/mol. The van der Waals surface area contributed by atoms with Crippen molar-refractivity contribution in [2.24, 2.45) is 0 Å². The van der Waals surface area contributed by atoms with E-state index in [4.69, 9.17) is 0 Å². The first-order valence-corrected chi connectivity index (χ1v) is 11.2. The third-order valence-corrected chi connectivity index (χ3v) is 6.60. The second-order valence-electron chi connectivity index (χ2n) is 6.92. The van der Waals surface area contributed by atoms with Crippen molar-refractivity contribution >= 4 is 15.8 Å². The van der Waals surface area contributed by atoms with Crippen LogP contribution in [0.25, 0.3) is 0 Å². The highest BCUT2D eigenvalue weighted by Crippen LogP contribution is 2.22. The number of carbonyl (C=O) groups is 1. The summed E-state index contributed by atoms with van der Waals surface area (Å²) >= 11 is 0. The van der Waals surface area contributed by atoms with E-state index < -0.39 is 21.9 Å². The van der Waals surface area contributed by atoms with Crippen molar-refractivity contribution in [3.05, 3.63) is 89.7 Å². The Kier molecular flexibility index (Phi) is 7.51. The van der Waals surface area contributed by atoms with Gasteiger partial charge in [0.1, 0.15) is 0 Å². The number of rotatable bonds is 9. The molecule has 2 N–H and O–H groups in total. The Labute approximate surface area is 181 Å². The molecule has 0 radical (unpaired) electrons. The number of ether oxygens (including phenoxy) is 1. The Morgan fingerprint density at radius 2 is 1.71 bits per heavy atom. The lowest BCUT2D eigenvalue weighted by molar-refractivity contribution is 0.0600. The molecule has 0 unspecified atom stereocenters. The Morgan fingerprint density at radius 1 is 1.06 bits per heavy atom. The second-order valence-corrected chi connectivity index (χ2v) is 8.87. The third kappa shape index (κ3) is 5.75. The number of benzene rings is 2. The fourth-order valence-corrected chi connectivity index (χ4v) is 4.28. The monoisotopic (exact) mass is 440 g/mol. The maximum Gasteiger partial charge on any atom is 0.337 e. The standard InChI is InChI=1S/C23H24N2O5S/c1-30-23(27)18-6-10-21(11-7-18)31(28,29)20-8-4-17(5-9-20)12-14-25-16-22(26)19-3-2-13-24-15-19/h2-11,13,15,22,25-26H,12,14,16H2,1H3/t22-/m1/s1. The van der Waals surface area contributed by atoms with Gasteiger partial charge in [-0.25, -0.2) is 13.2 Å². The van der Waals surface area contributed by atoms with Crippen LogP contribution in [-0.2, 0) is 21.0 Å². The van der Waals surface area contributed by atoms with E-state index in [2.05, 4.69) is 15.0 Å². The second kappa shape index (κ2) is 10.3. The summed E-state index contributed by atoms with van der Waals surface area (Å²) in [6.45, 7) is 1.04. The molecule has 0 saturated carbocycles. The minimum atomic E-state index is -3.68. The molecule has 162 valence electrons. The van der Waals surface area contributed by atoms with Gasteiger partial charge >= 0.3 is 5.97 Å². The van der Waals surface area contributed by atoms with Gasteiger partial charge in [-0.1, -0.05) is 18.2 Å². The predicted octanol–water partition coefficient (Wildman–Crippen LogP) is 2.57. The van der Waals surface area contributed by atoms with Gasteiger partial charge in [0, 0.05) is 24.5 Å². The molecule has 8 heteroatoms. The van der Waals surface area contributed by atoms with Gasteiger partial charge in [0.2, 0.25) is 9.84 Å². The summed E-state index contributed by atoms with van der Waals surface area (Å²) in [6, 6.07) is 15.9. The number of hydrogen-bond acceptors (Lipinski definition) is 7. The maximum atomic E-state index is 12.8. The number of methoxy groups -OCH3 is 1. The van der Waals surface area contributed by atoms with E-state index in [1.807, 2.05) is 6.07 Å². The van der Waals surface area contributed by atoms with Crippen molar-refractivity contribution in [1.82, 2.24) is 10.3 Å². The van der Waals surface area contributed by atoms with Gasteiger partial charge in [-0.3, -0.25) is 4.98 Å². The van der Waals surface area contributed by atoms with Crippen LogP contribution in [0.3, 0.4) is 0 Å². The Bertz CT molecular complexity index is 1100. The van der Waals surface area contributed by atoms with E-state index >= 15 is 0 Å². The van der Waals surface area contributed by atoms with Gasteiger partial charge < -0.3 is 15.2 Å². The molecular formula is C23H24N2O5S. The van der Waals surface area contributed by atoms with Gasteiger partial charge in [-0.15, -0.1) is 0 Å². The molecule has 1 atom stereocenters. The molecule has 0 bridgehead atoms. The molecule has 0 aliphatic rings. The zero-order valence-electron chi connectivity index (χ0n) is 17.1. The number of carbonyl (C=O) groups excluding carboxylic acids is 1. The average Bonchev–Trinajstić information content (AvgIpc) is 2.82. The number of esters is 1. The molecule has 0 amide bonds. The highest BCUT2D eigenvalue weighted by molar-refractivity contribution is 7.91. The van der Waals surface area contributed by atoms with Crippen molar-refractivity contribution in [1.29, 1.82) is 0 Å². The molecule has 0 aliphatic carbocycles. The van der Waals surface area contributed by atoms with Crippen LogP contribution < -0.4 is 5.32 Å². The summed E-state index contributed by atoms with van der Waals surface area (Å²) in [5, 5.41) is 13.3.